The minimum atomic E-state index is -0.257. The number of imidazole rings is 1. The van der Waals surface area contributed by atoms with E-state index in [-0.39, 0.29) is 18.1 Å². The summed E-state index contributed by atoms with van der Waals surface area (Å²) >= 11 is 0. The van der Waals surface area contributed by atoms with E-state index in [1.54, 1.807) is 29.7 Å². The van der Waals surface area contributed by atoms with Gasteiger partial charge in [-0.2, -0.15) is 5.10 Å². The van der Waals surface area contributed by atoms with E-state index in [0.717, 1.165) is 5.52 Å². The Morgan fingerprint density at radius 1 is 1.40 bits per heavy atom. The number of aromatic amines is 2. The van der Waals surface area contributed by atoms with Gasteiger partial charge < -0.3 is 15.0 Å². The van der Waals surface area contributed by atoms with Crippen molar-refractivity contribution in [2.45, 2.75) is 26.9 Å². The summed E-state index contributed by atoms with van der Waals surface area (Å²) in [6, 6.07) is 5.10. The molecule has 3 N–H and O–H groups in total. The van der Waals surface area contributed by atoms with Gasteiger partial charge in [0.2, 0.25) is 0 Å². The Balaban J connectivity index is 1.74. The van der Waals surface area contributed by atoms with Gasteiger partial charge in [0.1, 0.15) is 5.82 Å². The number of carbonyl (C=O) groups excluding carboxylic acids is 1. The molecule has 0 fully saturated rings. The predicted octanol–water partition coefficient (Wildman–Crippen LogP) is 0.723. The molecule has 0 aliphatic carbocycles. The summed E-state index contributed by atoms with van der Waals surface area (Å²) in [5.74, 6) is 0.950. The van der Waals surface area contributed by atoms with Crippen molar-refractivity contribution in [1.29, 1.82) is 0 Å². The maximum Gasteiger partial charge on any atom is 0.326 e. The fraction of sp³-hybridized carbons (Fsp3) is 0.375. The van der Waals surface area contributed by atoms with Gasteiger partial charge in [-0.15, -0.1) is 0 Å². The van der Waals surface area contributed by atoms with Crippen LogP contribution < -0.4 is 11.0 Å². The molecule has 25 heavy (non-hydrogen) atoms. The Kier molecular flexibility index (Phi) is 4.94. The van der Waals surface area contributed by atoms with Crippen LogP contribution in [-0.4, -0.2) is 43.9 Å². The largest absolute Gasteiger partial charge is 0.380 e. The van der Waals surface area contributed by atoms with Gasteiger partial charge in [-0.05, 0) is 32.0 Å². The summed E-state index contributed by atoms with van der Waals surface area (Å²) in [4.78, 5) is 31.2. The fourth-order valence-electron chi connectivity index (χ4n) is 2.56. The molecule has 0 atom stereocenters. The number of benzene rings is 1. The third-order valence-electron chi connectivity index (χ3n) is 3.75. The van der Waals surface area contributed by atoms with E-state index in [4.69, 9.17) is 4.74 Å². The van der Waals surface area contributed by atoms with Crippen LogP contribution in [0.3, 0.4) is 0 Å². The number of ether oxygens (including phenoxy) is 1. The van der Waals surface area contributed by atoms with E-state index in [2.05, 4.69) is 25.5 Å². The highest BCUT2D eigenvalue weighted by atomic mass is 16.5. The quantitative estimate of drug-likeness (QED) is 0.546. The van der Waals surface area contributed by atoms with E-state index in [1.165, 1.54) is 0 Å². The predicted molar refractivity (Wildman–Crippen MR) is 91.3 cm³/mol. The first-order valence-electron chi connectivity index (χ1n) is 8.05. The Hall–Kier alpha value is -2.94. The second-order valence-electron chi connectivity index (χ2n) is 5.53. The van der Waals surface area contributed by atoms with Crippen LogP contribution >= 0.6 is 0 Å². The normalized spacial score (nSPS) is 11.1. The number of hydrogen-bond acceptors (Lipinski definition) is 5. The van der Waals surface area contributed by atoms with Crippen LogP contribution in [0, 0.1) is 6.92 Å². The van der Waals surface area contributed by atoms with Crippen LogP contribution in [0.25, 0.3) is 11.0 Å². The number of nitrogens with one attached hydrogen (secondary N) is 3. The first kappa shape index (κ1) is 16.9. The molecule has 3 rings (SSSR count). The Labute approximate surface area is 143 Å². The molecule has 0 saturated heterocycles. The number of carbonyl (C=O) groups is 1. The molecule has 0 aliphatic heterocycles. The summed E-state index contributed by atoms with van der Waals surface area (Å²) in [5.41, 5.74) is 1.59. The van der Waals surface area contributed by atoms with Crippen molar-refractivity contribution in [3.63, 3.8) is 0 Å². The molecular formula is C16H20N6O3. The fourth-order valence-corrected chi connectivity index (χ4v) is 2.56. The van der Waals surface area contributed by atoms with Crippen LogP contribution in [0.15, 0.2) is 23.0 Å². The number of fused-ring (bicyclic) bond motifs is 1. The van der Waals surface area contributed by atoms with Crippen molar-refractivity contribution in [2.24, 2.45) is 0 Å². The van der Waals surface area contributed by atoms with Gasteiger partial charge in [0.05, 0.1) is 30.7 Å². The average molecular weight is 344 g/mol. The molecule has 9 nitrogen and oxygen atoms in total. The van der Waals surface area contributed by atoms with Gasteiger partial charge in [0.25, 0.3) is 5.91 Å². The lowest BCUT2D eigenvalue weighted by atomic mass is 10.2. The minimum absolute atomic E-state index is 0.219. The van der Waals surface area contributed by atoms with Crippen molar-refractivity contribution in [1.82, 2.24) is 30.0 Å². The lowest BCUT2D eigenvalue weighted by Crippen LogP contribution is -2.23. The van der Waals surface area contributed by atoms with E-state index in [9.17, 15) is 9.59 Å². The van der Waals surface area contributed by atoms with E-state index in [0.29, 0.717) is 42.5 Å². The number of amides is 1. The molecule has 0 aliphatic rings. The summed E-state index contributed by atoms with van der Waals surface area (Å²) in [7, 11) is 0. The monoisotopic (exact) mass is 344 g/mol. The Bertz CT molecular complexity index is 939. The Morgan fingerprint density at radius 2 is 2.24 bits per heavy atom. The lowest BCUT2D eigenvalue weighted by molar-refractivity contribution is 0.0950. The standard InChI is InChI=1S/C16H20N6O3/c1-3-25-7-6-22-13-5-4-11(8-12(13)19-16(22)24)15(23)17-9-14-18-10(2)20-21-14/h4-5,8H,3,6-7,9H2,1-2H3,(H,17,23)(H,19,24)(H,18,20,21). The van der Waals surface area contributed by atoms with Crippen LogP contribution in [0.4, 0.5) is 0 Å². The van der Waals surface area contributed by atoms with E-state index < -0.39 is 0 Å². The molecule has 1 amide bonds. The molecule has 2 heterocycles. The van der Waals surface area contributed by atoms with E-state index in [1.807, 2.05) is 6.92 Å². The van der Waals surface area contributed by atoms with Crippen molar-refractivity contribution in [2.75, 3.05) is 13.2 Å². The van der Waals surface area contributed by atoms with Crippen LogP contribution in [0.2, 0.25) is 0 Å². The molecule has 0 bridgehead atoms. The molecule has 0 unspecified atom stereocenters. The van der Waals surface area contributed by atoms with Crippen molar-refractivity contribution < 1.29 is 9.53 Å². The number of aromatic nitrogens is 5. The summed E-state index contributed by atoms with van der Waals surface area (Å²) in [6.07, 6.45) is 0. The summed E-state index contributed by atoms with van der Waals surface area (Å²) < 4.78 is 6.90. The number of H-pyrrole nitrogens is 2. The zero-order valence-electron chi connectivity index (χ0n) is 14.1. The lowest BCUT2D eigenvalue weighted by Gasteiger charge is -2.05. The molecule has 0 spiro atoms. The van der Waals surface area contributed by atoms with Crippen molar-refractivity contribution in [3.8, 4) is 0 Å². The molecular weight excluding hydrogens is 324 g/mol. The van der Waals surface area contributed by atoms with Gasteiger partial charge >= 0.3 is 5.69 Å². The molecule has 3 aromatic rings. The zero-order valence-corrected chi connectivity index (χ0v) is 14.1. The second kappa shape index (κ2) is 7.31. The first-order valence-corrected chi connectivity index (χ1v) is 8.05. The highest BCUT2D eigenvalue weighted by Gasteiger charge is 2.11. The smallest absolute Gasteiger partial charge is 0.326 e. The molecule has 2 aromatic heterocycles. The van der Waals surface area contributed by atoms with Crippen molar-refractivity contribution >= 4 is 16.9 Å². The zero-order chi connectivity index (χ0) is 17.8. The molecule has 1 aromatic carbocycles. The van der Waals surface area contributed by atoms with Crippen LogP contribution in [0.5, 0.6) is 0 Å². The molecule has 0 saturated carbocycles. The number of hydrogen-bond donors (Lipinski definition) is 3. The second-order valence-corrected chi connectivity index (χ2v) is 5.53. The average Bonchev–Trinajstić information content (AvgIpc) is 3.15. The third-order valence-corrected chi connectivity index (χ3v) is 3.75. The van der Waals surface area contributed by atoms with E-state index >= 15 is 0 Å². The van der Waals surface area contributed by atoms with Gasteiger partial charge in [0, 0.05) is 12.2 Å². The highest BCUT2D eigenvalue weighted by molar-refractivity contribution is 5.97. The summed E-state index contributed by atoms with van der Waals surface area (Å²) in [6.45, 7) is 5.45. The maximum atomic E-state index is 12.3. The van der Waals surface area contributed by atoms with Crippen molar-refractivity contribution in [3.05, 3.63) is 45.9 Å². The number of rotatable bonds is 7. The number of aryl methyl sites for hydroxylation is 1. The van der Waals surface area contributed by atoms with Gasteiger partial charge in [0.15, 0.2) is 5.82 Å². The van der Waals surface area contributed by atoms with Gasteiger partial charge in [-0.25, -0.2) is 9.78 Å². The third kappa shape index (κ3) is 3.77. The first-order chi connectivity index (χ1) is 12.1. The molecule has 132 valence electrons. The Morgan fingerprint density at radius 3 is 2.96 bits per heavy atom. The van der Waals surface area contributed by atoms with Gasteiger partial charge in [-0.1, -0.05) is 0 Å². The van der Waals surface area contributed by atoms with Crippen LogP contribution in [0.1, 0.15) is 28.9 Å². The number of nitrogens with zero attached hydrogens (tertiary/aromatic N) is 3. The SMILES string of the molecule is CCOCCn1c(=O)[nH]c2cc(C(=O)NCc3n[nH]c(C)n3)ccc21. The van der Waals surface area contributed by atoms with Crippen LogP contribution in [-0.2, 0) is 17.8 Å². The highest BCUT2D eigenvalue weighted by Crippen LogP contribution is 2.13. The summed E-state index contributed by atoms with van der Waals surface area (Å²) in [5, 5.41) is 9.44. The molecule has 9 heteroatoms. The topological polar surface area (TPSA) is 118 Å². The minimum Gasteiger partial charge on any atom is -0.380 e. The maximum absolute atomic E-state index is 12.3. The van der Waals surface area contributed by atoms with Gasteiger partial charge in [-0.3, -0.25) is 14.5 Å². The molecule has 0 radical (unpaired) electrons.